The van der Waals surface area contributed by atoms with Crippen LogP contribution in [0.5, 0.6) is 11.5 Å². The fourth-order valence-corrected chi connectivity index (χ4v) is 2.15. The molecule has 1 aromatic heterocycles. The summed E-state index contributed by atoms with van der Waals surface area (Å²) in [5, 5.41) is 16.4. The SMILES string of the molecule is COc1cccc([C@@H](N)c2nc(-c3ccc(O)cc3)n[nH]2)c1. The number of rotatable bonds is 4. The van der Waals surface area contributed by atoms with E-state index in [0.717, 1.165) is 16.9 Å². The van der Waals surface area contributed by atoms with Crippen LogP contribution in [0.2, 0.25) is 0 Å². The van der Waals surface area contributed by atoms with Gasteiger partial charge in [-0.3, -0.25) is 5.10 Å². The molecule has 3 rings (SSSR count). The number of benzene rings is 2. The van der Waals surface area contributed by atoms with Gasteiger partial charge >= 0.3 is 0 Å². The second kappa shape index (κ2) is 5.87. The van der Waals surface area contributed by atoms with Crippen molar-refractivity contribution in [2.45, 2.75) is 6.04 Å². The van der Waals surface area contributed by atoms with Crippen LogP contribution in [0.4, 0.5) is 0 Å². The number of ether oxygens (including phenoxy) is 1. The fourth-order valence-electron chi connectivity index (χ4n) is 2.15. The Balaban J connectivity index is 1.87. The minimum atomic E-state index is -0.423. The highest BCUT2D eigenvalue weighted by Crippen LogP contribution is 2.23. The minimum absolute atomic E-state index is 0.201. The van der Waals surface area contributed by atoms with Crippen LogP contribution >= 0.6 is 0 Å². The molecule has 2 aromatic carbocycles. The largest absolute Gasteiger partial charge is 0.508 e. The predicted octanol–water partition coefficient (Wildman–Crippen LogP) is 2.23. The molecule has 0 bridgehead atoms. The molecule has 0 aliphatic rings. The molecule has 112 valence electrons. The molecule has 0 aliphatic carbocycles. The lowest BCUT2D eigenvalue weighted by Crippen LogP contribution is -2.13. The van der Waals surface area contributed by atoms with Crippen molar-refractivity contribution >= 4 is 0 Å². The van der Waals surface area contributed by atoms with Crippen LogP contribution in [-0.2, 0) is 0 Å². The van der Waals surface area contributed by atoms with E-state index in [0.29, 0.717) is 11.6 Å². The molecular formula is C16H16N4O2. The van der Waals surface area contributed by atoms with Crippen LogP contribution in [0.3, 0.4) is 0 Å². The van der Waals surface area contributed by atoms with Gasteiger partial charge in [0.25, 0.3) is 0 Å². The molecule has 0 unspecified atom stereocenters. The van der Waals surface area contributed by atoms with Gasteiger partial charge in [-0.2, -0.15) is 5.10 Å². The highest BCUT2D eigenvalue weighted by Gasteiger charge is 2.15. The maximum absolute atomic E-state index is 9.31. The van der Waals surface area contributed by atoms with Crippen LogP contribution in [0.25, 0.3) is 11.4 Å². The van der Waals surface area contributed by atoms with Crippen molar-refractivity contribution in [3.05, 3.63) is 59.9 Å². The second-order valence-electron chi connectivity index (χ2n) is 4.85. The number of nitrogens with two attached hydrogens (primary N) is 1. The van der Waals surface area contributed by atoms with Crippen LogP contribution in [-0.4, -0.2) is 27.4 Å². The molecule has 1 atom stereocenters. The smallest absolute Gasteiger partial charge is 0.181 e. The van der Waals surface area contributed by atoms with Crippen LogP contribution < -0.4 is 10.5 Å². The van der Waals surface area contributed by atoms with Gasteiger partial charge in [0.1, 0.15) is 17.3 Å². The quantitative estimate of drug-likeness (QED) is 0.686. The number of phenols is 1. The number of aromatic amines is 1. The van der Waals surface area contributed by atoms with Crippen molar-refractivity contribution in [3.8, 4) is 22.9 Å². The molecule has 22 heavy (non-hydrogen) atoms. The molecule has 1 heterocycles. The average molecular weight is 296 g/mol. The Hall–Kier alpha value is -2.86. The van der Waals surface area contributed by atoms with Crippen LogP contribution in [0.1, 0.15) is 17.4 Å². The number of H-pyrrole nitrogens is 1. The zero-order chi connectivity index (χ0) is 15.5. The summed E-state index contributed by atoms with van der Waals surface area (Å²) in [7, 11) is 1.61. The standard InChI is InChI=1S/C16H16N4O2/c1-22-13-4-2-3-11(9-13)14(17)16-18-15(19-20-16)10-5-7-12(21)8-6-10/h2-9,14,21H,17H2,1H3,(H,18,19,20)/t14-/m1/s1. The van der Waals surface area contributed by atoms with Crippen molar-refractivity contribution in [1.29, 1.82) is 0 Å². The molecule has 3 aromatic rings. The molecule has 4 N–H and O–H groups in total. The Morgan fingerprint density at radius 3 is 2.68 bits per heavy atom. The van der Waals surface area contributed by atoms with Crippen molar-refractivity contribution in [1.82, 2.24) is 15.2 Å². The third-order valence-electron chi connectivity index (χ3n) is 3.38. The summed E-state index contributed by atoms with van der Waals surface area (Å²) in [6.07, 6.45) is 0. The number of hydrogen-bond donors (Lipinski definition) is 3. The first-order valence-corrected chi connectivity index (χ1v) is 6.78. The topological polar surface area (TPSA) is 97.1 Å². The first-order chi connectivity index (χ1) is 10.7. The number of methoxy groups -OCH3 is 1. The lowest BCUT2D eigenvalue weighted by Gasteiger charge is -2.09. The summed E-state index contributed by atoms with van der Waals surface area (Å²) in [4.78, 5) is 4.43. The summed E-state index contributed by atoms with van der Waals surface area (Å²) >= 11 is 0. The van der Waals surface area contributed by atoms with Gasteiger partial charge in [-0.15, -0.1) is 0 Å². The van der Waals surface area contributed by atoms with E-state index in [1.165, 1.54) is 0 Å². The Morgan fingerprint density at radius 1 is 1.18 bits per heavy atom. The maximum Gasteiger partial charge on any atom is 0.181 e. The van der Waals surface area contributed by atoms with Gasteiger partial charge in [0.05, 0.1) is 13.2 Å². The lowest BCUT2D eigenvalue weighted by atomic mass is 10.1. The highest BCUT2D eigenvalue weighted by atomic mass is 16.5. The van der Waals surface area contributed by atoms with Gasteiger partial charge in [-0.25, -0.2) is 4.98 Å². The van der Waals surface area contributed by atoms with E-state index in [1.54, 1.807) is 31.4 Å². The monoisotopic (exact) mass is 296 g/mol. The molecule has 0 fully saturated rings. The van der Waals surface area contributed by atoms with E-state index >= 15 is 0 Å². The zero-order valence-electron chi connectivity index (χ0n) is 12.0. The molecule has 0 saturated carbocycles. The van der Waals surface area contributed by atoms with Gasteiger partial charge in [0, 0.05) is 5.56 Å². The van der Waals surface area contributed by atoms with Gasteiger partial charge in [0.15, 0.2) is 5.82 Å². The molecule has 0 saturated heterocycles. The number of nitrogens with zero attached hydrogens (tertiary/aromatic N) is 2. The average Bonchev–Trinajstić information content (AvgIpc) is 3.05. The zero-order valence-corrected chi connectivity index (χ0v) is 12.0. The molecule has 6 heteroatoms. The summed E-state index contributed by atoms with van der Waals surface area (Å²) in [5.74, 6) is 2.04. The van der Waals surface area contributed by atoms with E-state index in [4.69, 9.17) is 10.5 Å². The summed E-state index contributed by atoms with van der Waals surface area (Å²) in [5.41, 5.74) is 7.91. The van der Waals surface area contributed by atoms with Gasteiger partial charge in [-0.1, -0.05) is 12.1 Å². The third-order valence-corrected chi connectivity index (χ3v) is 3.38. The first kappa shape index (κ1) is 14.1. The lowest BCUT2D eigenvalue weighted by molar-refractivity contribution is 0.414. The van der Waals surface area contributed by atoms with E-state index in [-0.39, 0.29) is 5.75 Å². The number of aromatic hydroxyl groups is 1. The van der Waals surface area contributed by atoms with Crippen molar-refractivity contribution in [2.24, 2.45) is 5.73 Å². The molecule has 0 spiro atoms. The normalized spacial score (nSPS) is 12.1. The first-order valence-electron chi connectivity index (χ1n) is 6.78. The van der Waals surface area contributed by atoms with E-state index in [1.807, 2.05) is 24.3 Å². The van der Waals surface area contributed by atoms with E-state index in [9.17, 15) is 5.11 Å². The molecular weight excluding hydrogens is 280 g/mol. The Bertz CT molecular complexity index is 768. The summed E-state index contributed by atoms with van der Waals surface area (Å²) in [6.45, 7) is 0. The van der Waals surface area contributed by atoms with Gasteiger partial charge < -0.3 is 15.6 Å². The number of aromatic nitrogens is 3. The van der Waals surface area contributed by atoms with Crippen molar-refractivity contribution < 1.29 is 9.84 Å². The number of nitrogens with one attached hydrogen (secondary N) is 1. The van der Waals surface area contributed by atoms with Crippen molar-refractivity contribution in [3.63, 3.8) is 0 Å². The summed E-state index contributed by atoms with van der Waals surface area (Å²) in [6, 6.07) is 13.8. The van der Waals surface area contributed by atoms with Crippen LogP contribution in [0.15, 0.2) is 48.5 Å². The highest BCUT2D eigenvalue weighted by molar-refractivity contribution is 5.55. The molecule has 0 radical (unpaired) electrons. The molecule has 0 amide bonds. The fraction of sp³-hybridized carbons (Fsp3) is 0.125. The maximum atomic E-state index is 9.31. The molecule has 6 nitrogen and oxygen atoms in total. The Morgan fingerprint density at radius 2 is 1.95 bits per heavy atom. The second-order valence-corrected chi connectivity index (χ2v) is 4.85. The Kier molecular flexibility index (Phi) is 3.76. The number of hydrogen-bond acceptors (Lipinski definition) is 5. The van der Waals surface area contributed by atoms with E-state index in [2.05, 4.69) is 15.2 Å². The predicted molar refractivity (Wildman–Crippen MR) is 82.5 cm³/mol. The minimum Gasteiger partial charge on any atom is -0.508 e. The van der Waals surface area contributed by atoms with E-state index < -0.39 is 6.04 Å². The van der Waals surface area contributed by atoms with Crippen molar-refractivity contribution in [2.75, 3.05) is 7.11 Å². The Labute approximate surface area is 127 Å². The van der Waals surface area contributed by atoms with Gasteiger partial charge in [-0.05, 0) is 42.0 Å². The van der Waals surface area contributed by atoms with Crippen LogP contribution in [0, 0.1) is 0 Å². The van der Waals surface area contributed by atoms with Gasteiger partial charge in [0.2, 0.25) is 0 Å². The third kappa shape index (κ3) is 2.77. The summed E-state index contributed by atoms with van der Waals surface area (Å²) < 4.78 is 5.20. The molecule has 0 aliphatic heterocycles. The number of phenolic OH excluding ortho intramolecular Hbond substituents is 1.